The predicted molar refractivity (Wildman–Crippen MR) is 74.0 cm³/mol. The molecule has 1 saturated carbocycles. The van der Waals surface area contributed by atoms with Gasteiger partial charge in [0.25, 0.3) is 0 Å². The number of aryl methyl sites for hydroxylation is 1. The number of hydrogen-bond donors (Lipinski definition) is 1. The van der Waals surface area contributed by atoms with Crippen LogP contribution in [0.25, 0.3) is 22.6 Å². The maximum absolute atomic E-state index is 5.35. The molecule has 1 aromatic carbocycles. The van der Waals surface area contributed by atoms with Gasteiger partial charge in [0.05, 0.1) is 5.56 Å². The smallest absolute Gasteiger partial charge is 0.187 e. The second kappa shape index (κ2) is 4.30. The molecule has 0 bridgehead atoms. The van der Waals surface area contributed by atoms with Crippen molar-refractivity contribution in [1.82, 2.24) is 20.3 Å². The van der Waals surface area contributed by atoms with E-state index >= 15 is 0 Å². The average molecular weight is 266 g/mol. The van der Waals surface area contributed by atoms with Crippen molar-refractivity contribution in [3.63, 3.8) is 0 Å². The Kier molecular flexibility index (Phi) is 2.45. The first kappa shape index (κ1) is 11.4. The molecule has 1 aliphatic rings. The molecule has 5 nitrogen and oxygen atoms in total. The van der Waals surface area contributed by atoms with E-state index in [1.165, 1.54) is 12.8 Å². The molecule has 4 rings (SSSR count). The standard InChI is InChI=1S/C15H14N4O/c1-9-12(15-16-14(17-18-15)11-7-8-11)13(19-20-9)10-5-3-2-4-6-10/h2-6,11H,7-8H2,1H3,(H,16,17,18). The van der Waals surface area contributed by atoms with Gasteiger partial charge < -0.3 is 4.52 Å². The van der Waals surface area contributed by atoms with Crippen molar-refractivity contribution in [3.05, 3.63) is 41.9 Å². The SMILES string of the molecule is Cc1onc(-c2ccccc2)c1-c1n[nH]c(C2CC2)n1. The maximum Gasteiger partial charge on any atom is 0.187 e. The highest BCUT2D eigenvalue weighted by Crippen LogP contribution is 2.39. The van der Waals surface area contributed by atoms with E-state index in [1.54, 1.807) is 0 Å². The van der Waals surface area contributed by atoms with Crippen LogP contribution in [0.1, 0.15) is 30.3 Å². The molecule has 0 saturated heterocycles. The number of aromatic amines is 1. The molecular formula is C15H14N4O. The van der Waals surface area contributed by atoms with Crippen molar-refractivity contribution in [2.75, 3.05) is 0 Å². The zero-order valence-corrected chi connectivity index (χ0v) is 11.1. The fraction of sp³-hybridized carbons (Fsp3) is 0.267. The van der Waals surface area contributed by atoms with Crippen molar-refractivity contribution in [3.8, 4) is 22.6 Å². The highest BCUT2D eigenvalue weighted by molar-refractivity contribution is 5.78. The summed E-state index contributed by atoms with van der Waals surface area (Å²) in [5, 5.41) is 11.5. The monoisotopic (exact) mass is 266 g/mol. The van der Waals surface area contributed by atoms with Gasteiger partial charge in [-0.3, -0.25) is 5.10 Å². The van der Waals surface area contributed by atoms with Crippen LogP contribution in [0.3, 0.4) is 0 Å². The molecule has 0 spiro atoms. The molecule has 1 fully saturated rings. The average Bonchev–Trinajstić information content (AvgIpc) is 3.09. The Labute approximate surface area is 116 Å². The zero-order valence-electron chi connectivity index (χ0n) is 11.1. The topological polar surface area (TPSA) is 67.6 Å². The van der Waals surface area contributed by atoms with Crippen LogP contribution in [0.5, 0.6) is 0 Å². The Bertz CT molecular complexity index is 740. The third-order valence-corrected chi connectivity index (χ3v) is 3.60. The number of aromatic nitrogens is 4. The van der Waals surface area contributed by atoms with Gasteiger partial charge in [-0.15, -0.1) is 0 Å². The van der Waals surface area contributed by atoms with Gasteiger partial charge in [-0.1, -0.05) is 35.5 Å². The second-order valence-corrected chi connectivity index (χ2v) is 5.15. The van der Waals surface area contributed by atoms with Gasteiger partial charge in [0, 0.05) is 11.5 Å². The van der Waals surface area contributed by atoms with E-state index in [9.17, 15) is 0 Å². The first-order valence-corrected chi connectivity index (χ1v) is 6.77. The van der Waals surface area contributed by atoms with Crippen LogP contribution in [0.2, 0.25) is 0 Å². The number of nitrogens with zero attached hydrogens (tertiary/aromatic N) is 3. The maximum atomic E-state index is 5.35. The minimum Gasteiger partial charge on any atom is -0.360 e. The van der Waals surface area contributed by atoms with E-state index < -0.39 is 0 Å². The lowest BCUT2D eigenvalue weighted by Crippen LogP contribution is -1.86. The molecule has 20 heavy (non-hydrogen) atoms. The molecule has 1 N–H and O–H groups in total. The third-order valence-electron chi connectivity index (χ3n) is 3.60. The number of benzene rings is 1. The molecule has 0 amide bonds. The van der Waals surface area contributed by atoms with Crippen LogP contribution < -0.4 is 0 Å². The molecular weight excluding hydrogens is 252 g/mol. The van der Waals surface area contributed by atoms with Crippen LogP contribution in [0.4, 0.5) is 0 Å². The Morgan fingerprint density at radius 3 is 2.75 bits per heavy atom. The second-order valence-electron chi connectivity index (χ2n) is 5.15. The molecule has 0 unspecified atom stereocenters. The van der Waals surface area contributed by atoms with Crippen molar-refractivity contribution < 1.29 is 4.52 Å². The molecule has 5 heteroatoms. The van der Waals surface area contributed by atoms with Crippen molar-refractivity contribution in [2.24, 2.45) is 0 Å². The number of nitrogens with one attached hydrogen (secondary N) is 1. The van der Waals surface area contributed by atoms with Gasteiger partial charge in [-0.05, 0) is 19.8 Å². The lowest BCUT2D eigenvalue weighted by Gasteiger charge is -1.98. The largest absolute Gasteiger partial charge is 0.360 e. The molecule has 0 radical (unpaired) electrons. The fourth-order valence-electron chi connectivity index (χ4n) is 2.35. The quantitative estimate of drug-likeness (QED) is 0.789. The van der Waals surface area contributed by atoms with Crippen molar-refractivity contribution >= 4 is 0 Å². The van der Waals surface area contributed by atoms with E-state index in [4.69, 9.17) is 4.52 Å². The minimum absolute atomic E-state index is 0.552. The summed E-state index contributed by atoms with van der Waals surface area (Å²) in [6, 6.07) is 9.96. The summed E-state index contributed by atoms with van der Waals surface area (Å²) in [7, 11) is 0. The summed E-state index contributed by atoms with van der Waals surface area (Å²) in [5.74, 6) is 2.94. The van der Waals surface area contributed by atoms with Crippen LogP contribution in [0, 0.1) is 6.92 Å². The van der Waals surface area contributed by atoms with Crippen LogP contribution in [-0.2, 0) is 0 Å². The van der Waals surface area contributed by atoms with Gasteiger partial charge in [0.1, 0.15) is 17.3 Å². The summed E-state index contributed by atoms with van der Waals surface area (Å²) in [6.45, 7) is 1.89. The zero-order chi connectivity index (χ0) is 13.5. The number of H-pyrrole nitrogens is 1. The van der Waals surface area contributed by atoms with E-state index in [0.29, 0.717) is 11.7 Å². The molecule has 0 atom stereocenters. The first-order valence-electron chi connectivity index (χ1n) is 6.77. The van der Waals surface area contributed by atoms with Gasteiger partial charge in [-0.25, -0.2) is 4.98 Å². The van der Waals surface area contributed by atoms with E-state index in [2.05, 4.69) is 20.3 Å². The minimum atomic E-state index is 0.552. The summed E-state index contributed by atoms with van der Waals surface area (Å²) in [4.78, 5) is 4.60. The molecule has 0 aliphatic heterocycles. The normalized spacial score (nSPS) is 14.7. The van der Waals surface area contributed by atoms with Gasteiger partial charge in [0.2, 0.25) is 0 Å². The molecule has 3 aromatic rings. The number of rotatable bonds is 3. The van der Waals surface area contributed by atoms with Gasteiger partial charge >= 0.3 is 0 Å². The Hall–Kier alpha value is -2.43. The third kappa shape index (κ3) is 1.82. The fourth-order valence-corrected chi connectivity index (χ4v) is 2.35. The van der Waals surface area contributed by atoms with Crippen LogP contribution in [0.15, 0.2) is 34.9 Å². The van der Waals surface area contributed by atoms with Crippen LogP contribution >= 0.6 is 0 Å². The van der Waals surface area contributed by atoms with Crippen LogP contribution in [-0.4, -0.2) is 20.3 Å². The van der Waals surface area contributed by atoms with Crippen molar-refractivity contribution in [2.45, 2.75) is 25.7 Å². The van der Waals surface area contributed by atoms with Gasteiger partial charge in [0.15, 0.2) is 5.82 Å². The first-order chi connectivity index (χ1) is 9.83. The Morgan fingerprint density at radius 1 is 1.20 bits per heavy atom. The molecule has 2 aromatic heterocycles. The van der Waals surface area contributed by atoms with Gasteiger partial charge in [-0.2, -0.15) is 5.10 Å². The number of hydrogen-bond acceptors (Lipinski definition) is 4. The molecule has 100 valence electrons. The highest BCUT2D eigenvalue weighted by atomic mass is 16.5. The molecule has 1 aliphatic carbocycles. The summed E-state index contributed by atoms with van der Waals surface area (Å²) in [6.07, 6.45) is 2.39. The lowest BCUT2D eigenvalue weighted by atomic mass is 10.1. The molecule has 2 heterocycles. The lowest BCUT2D eigenvalue weighted by molar-refractivity contribution is 0.400. The van der Waals surface area contributed by atoms with Crippen molar-refractivity contribution in [1.29, 1.82) is 0 Å². The predicted octanol–water partition coefficient (Wildman–Crippen LogP) is 3.31. The summed E-state index contributed by atoms with van der Waals surface area (Å²) < 4.78 is 5.35. The Morgan fingerprint density at radius 2 is 2.00 bits per heavy atom. The Balaban J connectivity index is 1.82. The highest BCUT2D eigenvalue weighted by Gasteiger charge is 2.28. The van der Waals surface area contributed by atoms with E-state index in [1.807, 2.05) is 37.3 Å². The summed E-state index contributed by atoms with van der Waals surface area (Å²) >= 11 is 0. The van der Waals surface area contributed by atoms with E-state index in [-0.39, 0.29) is 0 Å². The van der Waals surface area contributed by atoms with E-state index in [0.717, 1.165) is 28.4 Å². The summed E-state index contributed by atoms with van der Waals surface area (Å²) in [5.41, 5.74) is 2.68.